The van der Waals surface area contributed by atoms with Gasteiger partial charge in [0.15, 0.2) is 0 Å². The molecule has 0 bridgehead atoms. The number of ether oxygens (including phenoxy) is 1. The van der Waals surface area contributed by atoms with Crippen molar-refractivity contribution < 1.29 is 19.9 Å². The van der Waals surface area contributed by atoms with Crippen molar-refractivity contribution in [3.05, 3.63) is 58.9 Å². The SMILES string of the molecule is O=[N+]([O-])c1ccc2nc(-c3ccc(OCC(O)CO)cc3)cn2c1. The summed E-state index contributed by atoms with van der Waals surface area (Å²) in [6.45, 7) is -0.348. The van der Waals surface area contributed by atoms with E-state index >= 15 is 0 Å². The van der Waals surface area contributed by atoms with Crippen LogP contribution in [0.4, 0.5) is 5.69 Å². The maximum absolute atomic E-state index is 10.8. The van der Waals surface area contributed by atoms with Gasteiger partial charge in [0.25, 0.3) is 5.69 Å². The average molecular weight is 329 g/mol. The lowest BCUT2D eigenvalue weighted by atomic mass is 10.2. The van der Waals surface area contributed by atoms with Gasteiger partial charge < -0.3 is 14.9 Å². The van der Waals surface area contributed by atoms with Gasteiger partial charge in [0.2, 0.25) is 0 Å². The van der Waals surface area contributed by atoms with Crippen LogP contribution in [0.25, 0.3) is 16.9 Å². The molecule has 0 spiro atoms. The summed E-state index contributed by atoms with van der Waals surface area (Å²) in [4.78, 5) is 14.8. The van der Waals surface area contributed by atoms with Crippen LogP contribution in [0.5, 0.6) is 5.75 Å². The number of hydrogen-bond donors (Lipinski definition) is 2. The molecule has 0 aliphatic heterocycles. The van der Waals surface area contributed by atoms with Crippen LogP contribution in [0.2, 0.25) is 0 Å². The summed E-state index contributed by atoms with van der Waals surface area (Å²) < 4.78 is 6.95. The lowest BCUT2D eigenvalue weighted by Crippen LogP contribution is -2.21. The lowest BCUT2D eigenvalue weighted by Gasteiger charge is -2.09. The number of aliphatic hydroxyl groups is 2. The lowest BCUT2D eigenvalue weighted by molar-refractivity contribution is -0.385. The zero-order valence-corrected chi connectivity index (χ0v) is 12.6. The summed E-state index contributed by atoms with van der Waals surface area (Å²) in [6.07, 6.45) is 2.21. The summed E-state index contributed by atoms with van der Waals surface area (Å²) in [5, 5.41) is 28.8. The van der Waals surface area contributed by atoms with E-state index in [1.807, 2.05) is 0 Å². The molecule has 0 aliphatic rings. The summed E-state index contributed by atoms with van der Waals surface area (Å²) in [5.74, 6) is 0.561. The molecule has 1 unspecified atom stereocenters. The van der Waals surface area contributed by atoms with Gasteiger partial charge in [-0.3, -0.25) is 14.5 Å². The molecule has 24 heavy (non-hydrogen) atoms. The fraction of sp³-hybridized carbons (Fsp3) is 0.188. The topological polar surface area (TPSA) is 110 Å². The number of fused-ring (bicyclic) bond motifs is 1. The third kappa shape index (κ3) is 3.34. The van der Waals surface area contributed by atoms with E-state index in [-0.39, 0.29) is 18.9 Å². The number of aliphatic hydroxyl groups excluding tert-OH is 2. The second-order valence-corrected chi connectivity index (χ2v) is 5.21. The van der Waals surface area contributed by atoms with Crippen LogP contribution in [0, 0.1) is 10.1 Å². The minimum absolute atomic E-state index is 0.00219. The second-order valence-electron chi connectivity index (χ2n) is 5.21. The maximum Gasteiger partial charge on any atom is 0.286 e. The molecule has 0 radical (unpaired) electrons. The third-order valence-corrected chi connectivity index (χ3v) is 3.45. The Balaban J connectivity index is 1.81. The van der Waals surface area contributed by atoms with Gasteiger partial charge >= 0.3 is 0 Å². The molecular formula is C16H15N3O5. The first kappa shape index (κ1) is 15.9. The zero-order chi connectivity index (χ0) is 17.1. The average Bonchev–Trinajstić information content (AvgIpc) is 3.03. The van der Waals surface area contributed by atoms with Crippen LogP contribution in [-0.4, -0.2) is 43.8 Å². The van der Waals surface area contributed by atoms with Crippen molar-refractivity contribution in [1.82, 2.24) is 9.38 Å². The Kier molecular flexibility index (Phi) is 4.41. The number of hydrogen-bond acceptors (Lipinski definition) is 6. The molecule has 8 nitrogen and oxygen atoms in total. The smallest absolute Gasteiger partial charge is 0.286 e. The van der Waals surface area contributed by atoms with E-state index in [0.29, 0.717) is 17.1 Å². The Bertz CT molecular complexity index is 860. The van der Waals surface area contributed by atoms with Crippen molar-refractivity contribution in [3.63, 3.8) is 0 Å². The van der Waals surface area contributed by atoms with E-state index in [2.05, 4.69) is 4.98 Å². The monoisotopic (exact) mass is 329 g/mol. The minimum Gasteiger partial charge on any atom is -0.491 e. The van der Waals surface area contributed by atoms with Gasteiger partial charge in [0.1, 0.15) is 24.1 Å². The minimum atomic E-state index is -0.918. The van der Waals surface area contributed by atoms with Crippen LogP contribution in [0.3, 0.4) is 0 Å². The highest BCUT2D eigenvalue weighted by Gasteiger charge is 2.10. The van der Waals surface area contributed by atoms with Crippen molar-refractivity contribution in [1.29, 1.82) is 0 Å². The summed E-state index contributed by atoms with van der Waals surface area (Å²) in [7, 11) is 0. The number of rotatable bonds is 6. The normalized spacial score (nSPS) is 12.2. The highest BCUT2D eigenvalue weighted by atomic mass is 16.6. The highest BCUT2D eigenvalue weighted by molar-refractivity contribution is 5.63. The molecule has 3 rings (SSSR count). The number of benzene rings is 1. The molecule has 3 aromatic rings. The Morgan fingerprint density at radius 1 is 1.21 bits per heavy atom. The first-order chi connectivity index (χ1) is 11.6. The molecule has 0 saturated heterocycles. The molecule has 0 amide bonds. The van der Waals surface area contributed by atoms with E-state index in [1.165, 1.54) is 12.3 Å². The molecule has 1 aromatic carbocycles. The highest BCUT2D eigenvalue weighted by Crippen LogP contribution is 2.23. The second kappa shape index (κ2) is 6.65. The predicted octanol–water partition coefficient (Wildman–Crippen LogP) is 1.64. The zero-order valence-electron chi connectivity index (χ0n) is 12.6. The van der Waals surface area contributed by atoms with Gasteiger partial charge in [0, 0.05) is 17.8 Å². The predicted molar refractivity (Wildman–Crippen MR) is 85.9 cm³/mol. The van der Waals surface area contributed by atoms with Gasteiger partial charge in [-0.15, -0.1) is 0 Å². The third-order valence-electron chi connectivity index (χ3n) is 3.45. The Labute approximate surface area is 136 Å². The van der Waals surface area contributed by atoms with E-state index in [4.69, 9.17) is 9.84 Å². The van der Waals surface area contributed by atoms with E-state index in [1.54, 1.807) is 40.9 Å². The molecule has 8 heteroatoms. The summed E-state index contributed by atoms with van der Waals surface area (Å²) >= 11 is 0. The number of nitro groups is 1. The van der Waals surface area contributed by atoms with Gasteiger partial charge in [-0.25, -0.2) is 4.98 Å². The molecule has 2 N–H and O–H groups in total. The van der Waals surface area contributed by atoms with Gasteiger partial charge in [0.05, 0.1) is 23.4 Å². The van der Waals surface area contributed by atoms with Crippen molar-refractivity contribution >= 4 is 11.3 Å². The van der Waals surface area contributed by atoms with E-state index in [0.717, 1.165) is 5.56 Å². The molecule has 2 aromatic heterocycles. The Morgan fingerprint density at radius 3 is 2.62 bits per heavy atom. The number of pyridine rings is 1. The molecule has 0 fully saturated rings. The first-order valence-electron chi connectivity index (χ1n) is 7.22. The standard InChI is InChI=1S/C16H15N3O5/c20-9-13(21)10-24-14-4-1-11(2-5-14)15-8-18-7-12(19(22)23)3-6-16(18)17-15/h1-8,13,20-21H,9-10H2. The fourth-order valence-electron chi connectivity index (χ4n) is 2.19. The van der Waals surface area contributed by atoms with Crippen molar-refractivity contribution in [2.24, 2.45) is 0 Å². The molecule has 2 heterocycles. The van der Waals surface area contributed by atoms with Gasteiger partial charge in [-0.05, 0) is 30.3 Å². The number of nitrogens with zero attached hydrogens (tertiary/aromatic N) is 3. The van der Waals surface area contributed by atoms with Crippen LogP contribution in [0.1, 0.15) is 0 Å². The number of imidazole rings is 1. The molecular weight excluding hydrogens is 314 g/mol. The first-order valence-corrected chi connectivity index (χ1v) is 7.22. The summed E-state index contributed by atoms with van der Waals surface area (Å²) in [6, 6.07) is 10.1. The maximum atomic E-state index is 10.8. The van der Waals surface area contributed by atoms with Crippen LogP contribution < -0.4 is 4.74 Å². The molecule has 124 valence electrons. The van der Waals surface area contributed by atoms with E-state index in [9.17, 15) is 15.2 Å². The van der Waals surface area contributed by atoms with Gasteiger partial charge in [-0.2, -0.15) is 0 Å². The largest absolute Gasteiger partial charge is 0.491 e. The van der Waals surface area contributed by atoms with Crippen LogP contribution >= 0.6 is 0 Å². The molecule has 0 aliphatic carbocycles. The fourth-order valence-corrected chi connectivity index (χ4v) is 2.19. The van der Waals surface area contributed by atoms with Crippen LogP contribution in [-0.2, 0) is 0 Å². The van der Waals surface area contributed by atoms with E-state index < -0.39 is 11.0 Å². The van der Waals surface area contributed by atoms with Crippen molar-refractivity contribution in [3.8, 4) is 17.0 Å². The van der Waals surface area contributed by atoms with Crippen LogP contribution in [0.15, 0.2) is 48.8 Å². The van der Waals surface area contributed by atoms with Gasteiger partial charge in [-0.1, -0.05) is 0 Å². The number of aromatic nitrogens is 2. The molecule has 1 atom stereocenters. The quantitative estimate of drug-likeness (QED) is 0.525. The Hall–Kier alpha value is -2.97. The Morgan fingerprint density at radius 2 is 1.96 bits per heavy atom. The summed E-state index contributed by atoms with van der Waals surface area (Å²) in [5.41, 5.74) is 2.12. The molecule has 0 saturated carbocycles. The van der Waals surface area contributed by atoms with Crippen molar-refractivity contribution in [2.45, 2.75) is 6.10 Å². The van der Waals surface area contributed by atoms with Crippen molar-refractivity contribution in [2.75, 3.05) is 13.2 Å².